The van der Waals surface area contributed by atoms with E-state index in [2.05, 4.69) is 160 Å². The third kappa shape index (κ3) is 25.6. The molecule has 0 bridgehead atoms. The number of rotatable bonds is 22. The molecule has 6 rings (SSSR count). The highest BCUT2D eigenvalue weighted by Crippen LogP contribution is 2.43. The van der Waals surface area contributed by atoms with Gasteiger partial charge in [0.25, 0.3) is 0 Å². The molecule has 0 atom stereocenters. The van der Waals surface area contributed by atoms with Crippen LogP contribution in [-0.4, -0.2) is 49.9 Å². The molecule has 0 radical (unpaired) electrons. The standard InChI is InChI=1S/C33H51NO3.2C23H31NO3/c1-8-9-10-11-12-13-14-15-22-37-27-19-17-26(18-20-27)34-30(35)21-16-25-23-28(32(2,3)4)31(36)29(24-25)33(5,6)7;2*1-22(2,3)18-13-15(14-19(21(18)27)23(4,5)6)7-12-20(26)24-16-8-10-17(25)11-9-16/h17-20,23-24,36H,8-16,21-22H2,1-7H3,(H,34,35);2*8-11,13-14,25,27H,7,12H2,1-6H3,(H,24,26). The number of nitrogens with one attached hydrogen (secondary N) is 3. The fraction of sp³-hybridized carbons (Fsp3) is 0.506. The van der Waals surface area contributed by atoms with E-state index in [1.807, 2.05) is 48.5 Å². The molecule has 0 saturated carbocycles. The Labute approximate surface area is 547 Å². The predicted octanol–water partition coefficient (Wildman–Crippen LogP) is 19.6. The van der Waals surface area contributed by atoms with Gasteiger partial charge in [-0.3, -0.25) is 14.4 Å². The van der Waals surface area contributed by atoms with Crippen molar-refractivity contribution in [3.05, 3.63) is 159 Å². The Bertz CT molecular complexity index is 3040. The van der Waals surface area contributed by atoms with Crippen LogP contribution >= 0.6 is 0 Å². The van der Waals surface area contributed by atoms with Crippen molar-refractivity contribution >= 4 is 34.8 Å². The SMILES string of the molecule is CC(C)(C)c1cc(CCC(=O)Nc2ccc(O)cc2)cc(C(C)(C)C)c1O.CC(C)(C)c1cc(CCC(=O)Nc2ccc(O)cc2)cc(C(C)(C)C)c1O.CCCCCCCCCCOc1ccc(NC(=O)CCc2cc(C(C)(C)C)c(O)c(C(C)(C)C)c2)cc1. The second kappa shape index (κ2) is 33.2. The number of benzene rings is 6. The number of ether oxygens (including phenoxy) is 1. The molecule has 0 heterocycles. The lowest BCUT2D eigenvalue weighted by atomic mass is 9.78. The van der Waals surface area contributed by atoms with Gasteiger partial charge in [0.05, 0.1) is 6.61 Å². The lowest BCUT2D eigenvalue weighted by molar-refractivity contribution is -0.117. The number of hydrogen-bond acceptors (Lipinski definition) is 9. The maximum absolute atomic E-state index is 12.7. The fourth-order valence-electron chi connectivity index (χ4n) is 10.5. The average molecular weight is 1250 g/mol. The molecule has 0 spiro atoms. The normalized spacial score (nSPS) is 12.0. The van der Waals surface area contributed by atoms with Crippen molar-refractivity contribution in [2.75, 3.05) is 22.6 Å². The molecule has 0 fully saturated rings. The smallest absolute Gasteiger partial charge is 0.224 e. The van der Waals surface area contributed by atoms with E-state index in [1.54, 1.807) is 48.5 Å². The van der Waals surface area contributed by atoms with Crippen LogP contribution in [0.3, 0.4) is 0 Å². The van der Waals surface area contributed by atoms with Gasteiger partial charge in [0.1, 0.15) is 34.5 Å². The summed E-state index contributed by atoms with van der Waals surface area (Å²) in [7, 11) is 0. The van der Waals surface area contributed by atoms with E-state index in [0.29, 0.717) is 67.1 Å². The van der Waals surface area contributed by atoms with Gasteiger partial charge in [-0.15, -0.1) is 0 Å². The average Bonchev–Trinajstić information content (AvgIpc) is 0.823. The quantitative estimate of drug-likeness (QED) is 0.0241. The van der Waals surface area contributed by atoms with Crippen LogP contribution in [0.1, 0.15) is 252 Å². The van der Waals surface area contributed by atoms with Crippen molar-refractivity contribution in [3.8, 4) is 34.5 Å². The molecule has 12 nitrogen and oxygen atoms in total. The molecule has 91 heavy (non-hydrogen) atoms. The lowest BCUT2D eigenvalue weighted by Crippen LogP contribution is -2.18. The molecule has 0 aliphatic rings. The van der Waals surface area contributed by atoms with E-state index in [4.69, 9.17) is 4.74 Å². The molecule has 6 aromatic carbocycles. The van der Waals surface area contributed by atoms with E-state index in [0.717, 1.165) is 74.5 Å². The van der Waals surface area contributed by atoms with Crippen LogP contribution in [0.2, 0.25) is 0 Å². The second-order valence-electron chi connectivity index (χ2n) is 30.7. The zero-order valence-corrected chi connectivity index (χ0v) is 58.9. The summed E-state index contributed by atoms with van der Waals surface area (Å²) in [6.07, 6.45) is 13.2. The Morgan fingerprint density at radius 1 is 0.341 bits per heavy atom. The molecule has 8 N–H and O–H groups in total. The van der Waals surface area contributed by atoms with Crippen LogP contribution in [-0.2, 0) is 66.1 Å². The predicted molar refractivity (Wildman–Crippen MR) is 378 cm³/mol. The number of phenols is 5. The summed E-state index contributed by atoms with van der Waals surface area (Å²) >= 11 is 0. The van der Waals surface area contributed by atoms with Crippen LogP contribution in [0.4, 0.5) is 17.1 Å². The lowest BCUT2D eigenvalue weighted by Gasteiger charge is -2.28. The molecule has 6 aromatic rings. The van der Waals surface area contributed by atoms with E-state index in [-0.39, 0.29) is 61.7 Å². The number of phenolic OH excluding ortho intramolecular Hbond substituents is 5. The van der Waals surface area contributed by atoms with Gasteiger partial charge in [-0.2, -0.15) is 0 Å². The third-order valence-corrected chi connectivity index (χ3v) is 16.0. The molecular formula is C79H113N3O9. The number of amides is 3. The van der Waals surface area contributed by atoms with Gasteiger partial charge >= 0.3 is 0 Å². The highest BCUT2D eigenvalue weighted by atomic mass is 16.5. The number of carbonyl (C=O) groups is 3. The topological polar surface area (TPSA) is 198 Å². The first-order valence-electron chi connectivity index (χ1n) is 33.0. The van der Waals surface area contributed by atoms with Gasteiger partial charge in [-0.05, 0) is 181 Å². The molecule has 0 aliphatic carbocycles. The van der Waals surface area contributed by atoms with Crippen molar-refractivity contribution in [2.45, 2.75) is 254 Å². The number of hydrogen-bond donors (Lipinski definition) is 8. The first kappa shape index (κ1) is 76.0. The zero-order valence-electron chi connectivity index (χ0n) is 58.9. The van der Waals surface area contributed by atoms with Gasteiger partial charge in [-0.1, -0.05) is 213 Å². The highest BCUT2D eigenvalue weighted by molar-refractivity contribution is 5.92. The Kier molecular flexibility index (Phi) is 27.7. The summed E-state index contributed by atoms with van der Waals surface area (Å²) in [5.74, 6) is 2.08. The highest BCUT2D eigenvalue weighted by Gasteiger charge is 2.30. The van der Waals surface area contributed by atoms with Gasteiger partial charge in [0.15, 0.2) is 0 Å². The Morgan fingerprint density at radius 3 is 0.813 bits per heavy atom. The number of carbonyl (C=O) groups excluding carboxylic acids is 3. The number of aromatic hydroxyl groups is 5. The van der Waals surface area contributed by atoms with Crippen molar-refractivity contribution in [2.24, 2.45) is 0 Å². The zero-order chi connectivity index (χ0) is 68.3. The first-order valence-corrected chi connectivity index (χ1v) is 33.0. The molecule has 0 aliphatic heterocycles. The number of anilines is 3. The molecule has 12 heteroatoms. The third-order valence-electron chi connectivity index (χ3n) is 16.0. The Balaban J connectivity index is 0.000000297. The minimum absolute atomic E-state index is 0.0182. The van der Waals surface area contributed by atoms with Gasteiger partial charge in [-0.25, -0.2) is 0 Å². The molecule has 0 saturated heterocycles. The fourth-order valence-corrected chi connectivity index (χ4v) is 10.5. The summed E-state index contributed by atoms with van der Waals surface area (Å²) in [6.45, 7) is 40.6. The summed E-state index contributed by atoms with van der Waals surface area (Å²) in [4.78, 5) is 37.2. The van der Waals surface area contributed by atoms with Gasteiger partial charge in [0, 0.05) is 36.3 Å². The van der Waals surface area contributed by atoms with Crippen molar-refractivity contribution in [3.63, 3.8) is 0 Å². The van der Waals surface area contributed by atoms with Gasteiger partial charge < -0.3 is 46.2 Å². The van der Waals surface area contributed by atoms with Crippen LogP contribution in [0.5, 0.6) is 34.5 Å². The minimum Gasteiger partial charge on any atom is -0.508 e. The number of aryl methyl sites for hydroxylation is 3. The van der Waals surface area contributed by atoms with Gasteiger partial charge in [0.2, 0.25) is 17.7 Å². The van der Waals surface area contributed by atoms with E-state index < -0.39 is 0 Å². The molecule has 0 unspecified atom stereocenters. The Morgan fingerprint density at radius 2 is 0.571 bits per heavy atom. The van der Waals surface area contributed by atoms with Crippen LogP contribution in [0.25, 0.3) is 0 Å². The maximum Gasteiger partial charge on any atom is 0.224 e. The van der Waals surface area contributed by atoms with Crippen molar-refractivity contribution in [1.82, 2.24) is 0 Å². The Hall–Kier alpha value is -7.47. The summed E-state index contributed by atoms with van der Waals surface area (Å²) in [5, 5.41) is 59.8. The first-order chi connectivity index (χ1) is 42.2. The summed E-state index contributed by atoms with van der Waals surface area (Å²) < 4.78 is 5.87. The van der Waals surface area contributed by atoms with E-state index >= 15 is 0 Å². The number of unbranched alkanes of at least 4 members (excludes halogenated alkanes) is 7. The van der Waals surface area contributed by atoms with Crippen molar-refractivity contribution < 1.29 is 44.7 Å². The summed E-state index contributed by atoms with van der Waals surface area (Å²) in [5.41, 5.74) is 9.65. The molecular weight excluding hydrogens is 1130 g/mol. The van der Waals surface area contributed by atoms with E-state index in [1.165, 1.54) is 44.9 Å². The largest absolute Gasteiger partial charge is 0.508 e. The minimum atomic E-state index is -0.186. The van der Waals surface area contributed by atoms with E-state index in [9.17, 15) is 39.9 Å². The maximum atomic E-state index is 12.7. The monoisotopic (exact) mass is 1250 g/mol. The summed E-state index contributed by atoms with van der Waals surface area (Å²) in [6, 6.07) is 32.6. The molecule has 3 amide bonds. The van der Waals surface area contributed by atoms with Crippen LogP contribution in [0, 0.1) is 0 Å². The van der Waals surface area contributed by atoms with Crippen molar-refractivity contribution in [1.29, 1.82) is 0 Å². The molecule has 0 aromatic heterocycles. The van der Waals surface area contributed by atoms with Crippen LogP contribution < -0.4 is 20.7 Å². The second-order valence-corrected chi connectivity index (χ2v) is 30.7. The van der Waals surface area contributed by atoms with Crippen LogP contribution in [0.15, 0.2) is 109 Å². The molecule has 498 valence electrons.